The number of hydrogen-bond acceptors (Lipinski definition) is 2. The molecule has 0 bridgehead atoms. The Kier molecular flexibility index (Phi) is 4.00. The van der Waals surface area contributed by atoms with Gasteiger partial charge in [-0.1, -0.05) is 44.2 Å². The summed E-state index contributed by atoms with van der Waals surface area (Å²) >= 11 is 0. The van der Waals surface area contributed by atoms with Crippen LogP contribution in [0, 0.1) is 0 Å². The van der Waals surface area contributed by atoms with Gasteiger partial charge in [-0.2, -0.15) is 0 Å². The topological polar surface area (TPSA) is 46.2 Å². The molecule has 0 atom stereocenters. The third-order valence-electron chi connectivity index (χ3n) is 2.23. The highest BCUT2D eigenvalue weighted by Crippen LogP contribution is 2.22. The van der Waals surface area contributed by atoms with Gasteiger partial charge in [-0.3, -0.25) is 14.9 Å². The molecule has 1 N–H and O–H groups in total. The second-order valence-electron chi connectivity index (χ2n) is 3.15. The predicted molar refractivity (Wildman–Crippen MR) is 63.5 cm³/mol. The molecule has 0 fully saturated rings. The summed E-state index contributed by atoms with van der Waals surface area (Å²) in [5.74, 6) is -0.604. The molecule has 1 aliphatic rings. The fourth-order valence-electron chi connectivity index (χ4n) is 1.50. The van der Waals surface area contributed by atoms with Crippen LogP contribution in [0.25, 0.3) is 5.57 Å². The minimum absolute atomic E-state index is 0.297. The third-order valence-corrected chi connectivity index (χ3v) is 2.23. The molecule has 0 spiro atoms. The lowest BCUT2D eigenvalue weighted by molar-refractivity contribution is -0.123. The molecule has 2 amide bonds. The van der Waals surface area contributed by atoms with Crippen LogP contribution in [-0.2, 0) is 9.59 Å². The molecular formula is C13H15NO2. The molecule has 2 rings (SSSR count). The van der Waals surface area contributed by atoms with Gasteiger partial charge in [0.2, 0.25) is 0 Å². The first-order valence-electron chi connectivity index (χ1n) is 5.32. The molecule has 0 aromatic heterocycles. The number of benzene rings is 1. The van der Waals surface area contributed by atoms with E-state index in [0.29, 0.717) is 11.1 Å². The molecule has 84 valence electrons. The number of nitrogens with one attached hydrogen (secondary N) is 1. The lowest BCUT2D eigenvalue weighted by Crippen LogP contribution is -2.22. The van der Waals surface area contributed by atoms with Gasteiger partial charge in [-0.25, -0.2) is 0 Å². The third kappa shape index (κ3) is 2.19. The second-order valence-corrected chi connectivity index (χ2v) is 3.15. The first kappa shape index (κ1) is 12.2. The van der Waals surface area contributed by atoms with Gasteiger partial charge in [0.05, 0.1) is 5.57 Å². The van der Waals surface area contributed by atoms with Crippen molar-refractivity contribution in [1.82, 2.24) is 5.32 Å². The van der Waals surface area contributed by atoms with Crippen LogP contribution >= 0.6 is 0 Å². The number of amides is 2. The monoisotopic (exact) mass is 217 g/mol. The van der Waals surface area contributed by atoms with Crippen molar-refractivity contribution in [2.24, 2.45) is 0 Å². The van der Waals surface area contributed by atoms with Gasteiger partial charge in [0, 0.05) is 5.57 Å². The van der Waals surface area contributed by atoms with E-state index in [4.69, 9.17) is 0 Å². The number of carbonyl (C=O) groups is 2. The Balaban J connectivity index is 0.000000606. The number of hydrogen-bond donors (Lipinski definition) is 1. The summed E-state index contributed by atoms with van der Waals surface area (Å²) in [4.78, 5) is 22.6. The Morgan fingerprint density at radius 2 is 1.50 bits per heavy atom. The quantitative estimate of drug-likeness (QED) is 0.732. The smallest absolute Gasteiger partial charge is 0.259 e. The molecule has 0 aliphatic carbocycles. The Bertz CT molecular complexity index is 433. The summed E-state index contributed by atoms with van der Waals surface area (Å²) < 4.78 is 0. The van der Waals surface area contributed by atoms with E-state index >= 15 is 0 Å². The highest BCUT2D eigenvalue weighted by atomic mass is 16.2. The van der Waals surface area contributed by atoms with E-state index in [-0.39, 0.29) is 11.8 Å². The zero-order valence-electron chi connectivity index (χ0n) is 9.70. The normalized spacial score (nSPS) is 14.4. The standard InChI is InChI=1S/C11H9NO2.C2H6/c1-7-9(11(14)12-10(7)13)8-5-3-2-4-6-8;1-2/h2-6H,1H3,(H,12,13,14);1-2H3. The van der Waals surface area contributed by atoms with E-state index in [1.165, 1.54) is 0 Å². The maximum Gasteiger partial charge on any atom is 0.259 e. The summed E-state index contributed by atoms with van der Waals surface area (Å²) in [6, 6.07) is 9.18. The molecule has 1 aliphatic heterocycles. The van der Waals surface area contributed by atoms with Crippen molar-refractivity contribution in [3.8, 4) is 0 Å². The van der Waals surface area contributed by atoms with Gasteiger partial charge in [0.25, 0.3) is 11.8 Å². The van der Waals surface area contributed by atoms with Crippen LogP contribution in [0.2, 0.25) is 0 Å². The molecule has 3 nitrogen and oxygen atoms in total. The molecule has 0 saturated heterocycles. The Morgan fingerprint density at radius 1 is 0.938 bits per heavy atom. The molecule has 1 aromatic carbocycles. The van der Waals surface area contributed by atoms with Crippen LogP contribution in [-0.4, -0.2) is 11.8 Å². The van der Waals surface area contributed by atoms with Crippen LogP contribution < -0.4 is 5.32 Å². The Labute approximate surface area is 95.2 Å². The van der Waals surface area contributed by atoms with E-state index in [1.807, 2.05) is 44.2 Å². The Morgan fingerprint density at radius 3 is 1.94 bits per heavy atom. The van der Waals surface area contributed by atoms with Crippen molar-refractivity contribution in [3.63, 3.8) is 0 Å². The van der Waals surface area contributed by atoms with Gasteiger partial charge in [-0.05, 0) is 12.5 Å². The van der Waals surface area contributed by atoms with Crippen molar-refractivity contribution >= 4 is 17.4 Å². The molecule has 16 heavy (non-hydrogen) atoms. The SMILES string of the molecule is CC.CC1=C(c2ccccc2)C(=O)NC1=O. The maximum atomic E-state index is 11.4. The minimum atomic E-state index is -0.307. The maximum absolute atomic E-state index is 11.4. The first-order chi connectivity index (χ1) is 7.70. The Hall–Kier alpha value is -1.90. The summed E-state index contributed by atoms with van der Waals surface area (Å²) in [5.41, 5.74) is 1.75. The van der Waals surface area contributed by atoms with Crippen molar-refractivity contribution in [2.75, 3.05) is 0 Å². The van der Waals surface area contributed by atoms with Crippen LogP contribution in [0.5, 0.6) is 0 Å². The highest BCUT2D eigenvalue weighted by molar-refractivity contribution is 6.35. The predicted octanol–water partition coefficient (Wildman–Crippen LogP) is 2.14. The van der Waals surface area contributed by atoms with Crippen LogP contribution in [0.15, 0.2) is 35.9 Å². The summed E-state index contributed by atoms with van der Waals surface area (Å²) in [6.45, 7) is 5.66. The first-order valence-corrected chi connectivity index (χ1v) is 5.32. The average Bonchev–Trinajstić information content (AvgIpc) is 2.57. The van der Waals surface area contributed by atoms with E-state index in [2.05, 4.69) is 5.32 Å². The van der Waals surface area contributed by atoms with Crippen molar-refractivity contribution < 1.29 is 9.59 Å². The zero-order chi connectivity index (χ0) is 12.1. The van der Waals surface area contributed by atoms with Crippen molar-refractivity contribution in [1.29, 1.82) is 0 Å². The number of carbonyl (C=O) groups excluding carboxylic acids is 2. The van der Waals surface area contributed by atoms with Crippen LogP contribution in [0.4, 0.5) is 0 Å². The molecule has 1 heterocycles. The summed E-state index contributed by atoms with van der Waals surface area (Å²) in [5, 5.41) is 2.26. The molecule has 0 radical (unpaired) electrons. The lowest BCUT2D eigenvalue weighted by Gasteiger charge is -1.99. The van der Waals surface area contributed by atoms with Crippen molar-refractivity contribution in [2.45, 2.75) is 20.8 Å². The number of rotatable bonds is 1. The molecule has 3 heteroatoms. The molecule has 0 saturated carbocycles. The average molecular weight is 217 g/mol. The van der Waals surface area contributed by atoms with E-state index in [0.717, 1.165) is 5.56 Å². The molecule has 0 unspecified atom stereocenters. The molecular weight excluding hydrogens is 202 g/mol. The number of imide groups is 1. The van der Waals surface area contributed by atoms with E-state index in [9.17, 15) is 9.59 Å². The van der Waals surface area contributed by atoms with Crippen LogP contribution in [0.1, 0.15) is 26.3 Å². The zero-order valence-corrected chi connectivity index (χ0v) is 9.70. The highest BCUT2D eigenvalue weighted by Gasteiger charge is 2.27. The fraction of sp³-hybridized carbons (Fsp3) is 0.231. The van der Waals surface area contributed by atoms with Gasteiger partial charge in [0.1, 0.15) is 0 Å². The van der Waals surface area contributed by atoms with E-state index < -0.39 is 0 Å². The molecule has 1 aromatic rings. The van der Waals surface area contributed by atoms with Gasteiger partial charge >= 0.3 is 0 Å². The summed E-state index contributed by atoms with van der Waals surface area (Å²) in [7, 11) is 0. The van der Waals surface area contributed by atoms with Gasteiger partial charge < -0.3 is 0 Å². The largest absolute Gasteiger partial charge is 0.288 e. The van der Waals surface area contributed by atoms with Crippen LogP contribution in [0.3, 0.4) is 0 Å². The second kappa shape index (κ2) is 5.26. The summed E-state index contributed by atoms with van der Waals surface area (Å²) in [6.07, 6.45) is 0. The van der Waals surface area contributed by atoms with Gasteiger partial charge in [-0.15, -0.1) is 0 Å². The van der Waals surface area contributed by atoms with E-state index in [1.54, 1.807) is 6.92 Å². The fourth-order valence-corrected chi connectivity index (χ4v) is 1.50. The van der Waals surface area contributed by atoms with Gasteiger partial charge in [0.15, 0.2) is 0 Å². The van der Waals surface area contributed by atoms with Crippen molar-refractivity contribution in [3.05, 3.63) is 41.5 Å². The minimum Gasteiger partial charge on any atom is -0.288 e. The lowest BCUT2D eigenvalue weighted by atomic mass is 10.0.